The summed E-state index contributed by atoms with van der Waals surface area (Å²) in [5, 5.41) is 0. The SMILES string of the molecule is Cc1cc(C)c(C)c(CC2(CCn3ccnc3)OCC(C)(C)CO2)c1C. The van der Waals surface area contributed by atoms with Crippen molar-refractivity contribution >= 4 is 0 Å². The number of rotatable bonds is 5. The molecule has 0 amide bonds. The molecule has 0 bridgehead atoms. The maximum atomic E-state index is 6.42. The summed E-state index contributed by atoms with van der Waals surface area (Å²) >= 11 is 0. The zero-order chi connectivity index (χ0) is 18.9. The molecule has 0 N–H and O–H groups in total. The van der Waals surface area contributed by atoms with Crippen LogP contribution < -0.4 is 0 Å². The molecule has 2 heterocycles. The highest BCUT2D eigenvalue weighted by molar-refractivity contribution is 5.44. The van der Waals surface area contributed by atoms with Gasteiger partial charge in [0, 0.05) is 37.2 Å². The number of imidazole rings is 1. The molecule has 0 saturated carbocycles. The van der Waals surface area contributed by atoms with Gasteiger partial charge in [0.1, 0.15) is 0 Å². The van der Waals surface area contributed by atoms with E-state index < -0.39 is 5.79 Å². The maximum Gasteiger partial charge on any atom is 0.174 e. The second kappa shape index (κ2) is 7.16. The van der Waals surface area contributed by atoms with Gasteiger partial charge in [0.2, 0.25) is 0 Å². The van der Waals surface area contributed by atoms with Crippen LogP contribution in [-0.2, 0) is 22.4 Å². The van der Waals surface area contributed by atoms with Crippen molar-refractivity contribution in [2.24, 2.45) is 5.41 Å². The molecule has 4 nitrogen and oxygen atoms in total. The normalized spacial score (nSPS) is 18.8. The van der Waals surface area contributed by atoms with Gasteiger partial charge in [-0.3, -0.25) is 0 Å². The third-order valence-corrected chi connectivity index (χ3v) is 5.73. The summed E-state index contributed by atoms with van der Waals surface area (Å²) in [5.74, 6) is -0.574. The summed E-state index contributed by atoms with van der Waals surface area (Å²) in [5.41, 5.74) is 6.81. The maximum absolute atomic E-state index is 6.42. The van der Waals surface area contributed by atoms with Gasteiger partial charge in [-0.2, -0.15) is 0 Å². The van der Waals surface area contributed by atoms with E-state index in [1.165, 1.54) is 27.8 Å². The molecule has 1 aliphatic rings. The third kappa shape index (κ3) is 4.02. The molecule has 26 heavy (non-hydrogen) atoms. The largest absolute Gasteiger partial charge is 0.349 e. The quantitative estimate of drug-likeness (QED) is 0.790. The van der Waals surface area contributed by atoms with E-state index in [9.17, 15) is 0 Å². The Morgan fingerprint density at radius 2 is 1.65 bits per heavy atom. The second-order valence-corrected chi connectivity index (χ2v) is 8.62. The molecular formula is C22H32N2O2. The van der Waals surface area contributed by atoms with Crippen molar-refractivity contribution in [2.45, 2.75) is 66.7 Å². The minimum atomic E-state index is -0.574. The lowest BCUT2D eigenvalue weighted by Crippen LogP contribution is -2.49. The van der Waals surface area contributed by atoms with Crippen LogP contribution in [0.15, 0.2) is 24.8 Å². The first-order valence-corrected chi connectivity index (χ1v) is 9.51. The van der Waals surface area contributed by atoms with Gasteiger partial charge in [-0.05, 0) is 55.5 Å². The highest BCUT2D eigenvalue weighted by atomic mass is 16.7. The Labute approximate surface area is 157 Å². The summed E-state index contributed by atoms with van der Waals surface area (Å²) in [7, 11) is 0. The van der Waals surface area contributed by atoms with Crippen LogP contribution in [0, 0.1) is 33.1 Å². The molecule has 3 rings (SSSR count). The molecule has 0 radical (unpaired) electrons. The topological polar surface area (TPSA) is 36.3 Å². The fraction of sp³-hybridized carbons (Fsp3) is 0.591. The molecule has 0 unspecified atom stereocenters. The van der Waals surface area contributed by atoms with E-state index in [2.05, 4.69) is 57.2 Å². The smallest absolute Gasteiger partial charge is 0.174 e. The number of nitrogens with zero attached hydrogens (tertiary/aromatic N) is 2. The molecule has 0 atom stereocenters. The van der Waals surface area contributed by atoms with Crippen molar-refractivity contribution in [3.63, 3.8) is 0 Å². The van der Waals surface area contributed by atoms with Gasteiger partial charge in [0.15, 0.2) is 5.79 Å². The molecule has 1 aliphatic heterocycles. The average Bonchev–Trinajstić information content (AvgIpc) is 3.11. The van der Waals surface area contributed by atoms with Gasteiger partial charge >= 0.3 is 0 Å². The monoisotopic (exact) mass is 356 g/mol. The summed E-state index contributed by atoms with van der Waals surface area (Å²) in [6, 6.07) is 2.28. The minimum Gasteiger partial charge on any atom is -0.349 e. The predicted octanol–water partition coefficient (Wildman–Crippen LogP) is 4.52. The van der Waals surface area contributed by atoms with Gasteiger partial charge < -0.3 is 14.0 Å². The van der Waals surface area contributed by atoms with E-state index in [-0.39, 0.29) is 5.41 Å². The van der Waals surface area contributed by atoms with Crippen LogP contribution in [0.3, 0.4) is 0 Å². The Bertz CT molecular complexity index is 727. The lowest BCUT2D eigenvalue weighted by Gasteiger charge is -2.44. The van der Waals surface area contributed by atoms with Gasteiger partial charge in [-0.1, -0.05) is 19.9 Å². The lowest BCUT2D eigenvalue weighted by molar-refractivity contribution is -0.302. The van der Waals surface area contributed by atoms with Crippen molar-refractivity contribution in [3.8, 4) is 0 Å². The van der Waals surface area contributed by atoms with Gasteiger partial charge in [0.05, 0.1) is 19.5 Å². The third-order valence-electron chi connectivity index (χ3n) is 5.73. The van der Waals surface area contributed by atoms with E-state index >= 15 is 0 Å². The van der Waals surface area contributed by atoms with Crippen LogP contribution in [0.25, 0.3) is 0 Å². The molecule has 2 aromatic rings. The van der Waals surface area contributed by atoms with Crippen LogP contribution in [0.4, 0.5) is 0 Å². The van der Waals surface area contributed by atoms with Gasteiger partial charge in [-0.25, -0.2) is 4.98 Å². The number of hydrogen-bond acceptors (Lipinski definition) is 3. The van der Waals surface area contributed by atoms with Crippen molar-refractivity contribution < 1.29 is 9.47 Å². The fourth-order valence-corrected chi connectivity index (χ4v) is 3.62. The minimum absolute atomic E-state index is 0.0606. The molecule has 1 aromatic heterocycles. The van der Waals surface area contributed by atoms with Crippen LogP contribution in [0.5, 0.6) is 0 Å². The number of aromatic nitrogens is 2. The van der Waals surface area contributed by atoms with E-state index in [4.69, 9.17) is 9.47 Å². The molecule has 0 aliphatic carbocycles. The second-order valence-electron chi connectivity index (χ2n) is 8.62. The molecule has 142 valence electrons. The summed E-state index contributed by atoms with van der Waals surface area (Å²) in [6.45, 7) is 15.5. The molecule has 4 heteroatoms. The Kier molecular flexibility index (Phi) is 5.27. The van der Waals surface area contributed by atoms with E-state index in [1.807, 2.05) is 18.7 Å². The van der Waals surface area contributed by atoms with Crippen LogP contribution in [0.2, 0.25) is 0 Å². The fourth-order valence-electron chi connectivity index (χ4n) is 3.62. The Morgan fingerprint density at radius 3 is 2.19 bits per heavy atom. The van der Waals surface area contributed by atoms with Gasteiger partial charge in [-0.15, -0.1) is 0 Å². The highest BCUT2D eigenvalue weighted by Crippen LogP contribution is 2.36. The summed E-state index contributed by atoms with van der Waals surface area (Å²) < 4.78 is 14.9. The first-order chi connectivity index (χ1) is 12.2. The molecule has 1 aromatic carbocycles. The first kappa shape index (κ1) is 19.1. The number of benzene rings is 1. The van der Waals surface area contributed by atoms with Gasteiger partial charge in [0.25, 0.3) is 0 Å². The van der Waals surface area contributed by atoms with Crippen LogP contribution in [-0.4, -0.2) is 28.6 Å². The molecule has 0 spiro atoms. The van der Waals surface area contributed by atoms with E-state index in [0.717, 1.165) is 32.6 Å². The summed E-state index contributed by atoms with van der Waals surface area (Å²) in [6.07, 6.45) is 7.27. The van der Waals surface area contributed by atoms with Crippen LogP contribution >= 0.6 is 0 Å². The zero-order valence-electron chi connectivity index (χ0n) is 17.1. The first-order valence-electron chi connectivity index (χ1n) is 9.51. The predicted molar refractivity (Wildman–Crippen MR) is 104 cm³/mol. The molecule has 1 fully saturated rings. The Morgan fingerprint density at radius 1 is 1.04 bits per heavy atom. The van der Waals surface area contributed by atoms with Crippen molar-refractivity contribution in [2.75, 3.05) is 13.2 Å². The molecular weight excluding hydrogens is 324 g/mol. The Balaban J connectivity index is 1.89. The van der Waals surface area contributed by atoms with Crippen molar-refractivity contribution in [3.05, 3.63) is 52.6 Å². The zero-order valence-corrected chi connectivity index (χ0v) is 17.1. The average molecular weight is 357 g/mol. The van der Waals surface area contributed by atoms with Crippen molar-refractivity contribution in [1.82, 2.24) is 9.55 Å². The van der Waals surface area contributed by atoms with Crippen LogP contribution in [0.1, 0.15) is 48.1 Å². The summed E-state index contributed by atoms with van der Waals surface area (Å²) in [4.78, 5) is 4.15. The van der Waals surface area contributed by atoms with E-state index in [1.54, 1.807) is 0 Å². The number of hydrogen-bond donors (Lipinski definition) is 0. The highest BCUT2D eigenvalue weighted by Gasteiger charge is 2.41. The van der Waals surface area contributed by atoms with E-state index in [0.29, 0.717) is 0 Å². The Hall–Kier alpha value is -1.65. The number of ether oxygens (including phenoxy) is 2. The number of aryl methyl sites for hydroxylation is 3. The van der Waals surface area contributed by atoms with Crippen molar-refractivity contribution in [1.29, 1.82) is 0 Å². The molecule has 1 saturated heterocycles. The lowest BCUT2D eigenvalue weighted by atomic mass is 9.87. The standard InChI is InChI=1S/C22H32N2O2/c1-16-11-17(2)19(4)20(18(16)3)12-22(7-9-24-10-8-23-15-24)25-13-21(5,6)14-26-22/h8,10-11,15H,7,9,12-14H2,1-6H3.